The van der Waals surface area contributed by atoms with Crippen LogP contribution in [0.5, 0.6) is 0 Å². The van der Waals surface area contributed by atoms with Gasteiger partial charge >= 0.3 is 0 Å². The number of hydrogen-bond acceptors (Lipinski definition) is 5. The third-order valence-corrected chi connectivity index (χ3v) is 9.37. The summed E-state index contributed by atoms with van der Waals surface area (Å²) in [6.07, 6.45) is 5.99. The van der Waals surface area contributed by atoms with Gasteiger partial charge in [-0.1, -0.05) is 29.3 Å². The van der Waals surface area contributed by atoms with Gasteiger partial charge < -0.3 is 10.2 Å². The first-order valence-corrected chi connectivity index (χ1v) is 14.0. The molecular formula is C22H34Cl2N4O2S. The molecule has 3 heterocycles. The van der Waals surface area contributed by atoms with Crippen molar-refractivity contribution in [3.8, 4) is 0 Å². The zero-order valence-corrected chi connectivity index (χ0v) is 20.7. The Labute approximate surface area is 196 Å². The summed E-state index contributed by atoms with van der Waals surface area (Å²) in [5.41, 5.74) is 1.44. The van der Waals surface area contributed by atoms with Gasteiger partial charge in [0.25, 0.3) is 0 Å². The fraction of sp³-hybridized carbons (Fsp3) is 0.727. The molecular weight excluding hydrogens is 455 g/mol. The Morgan fingerprint density at radius 1 is 1.13 bits per heavy atom. The number of likely N-dealkylation sites (tertiary alicyclic amines) is 1. The topological polar surface area (TPSA) is 55.9 Å². The fourth-order valence-electron chi connectivity index (χ4n) is 5.40. The summed E-state index contributed by atoms with van der Waals surface area (Å²) in [5.74, 6) is 0. The van der Waals surface area contributed by atoms with Gasteiger partial charge in [0.05, 0.1) is 16.3 Å². The molecule has 1 N–H and O–H groups in total. The van der Waals surface area contributed by atoms with Gasteiger partial charge in [-0.25, -0.2) is 8.42 Å². The second-order valence-corrected chi connectivity index (χ2v) is 12.2. The van der Waals surface area contributed by atoms with Crippen LogP contribution in [-0.2, 0) is 15.4 Å². The molecule has 3 aliphatic rings. The van der Waals surface area contributed by atoms with Gasteiger partial charge in [0.2, 0.25) is 10.0 Å². The number of benzene rings is 1. The Bertz CT molecular complexity index is 862. The van der Waals surface area contributed by atoms with Crippen LogP contribution < -0.4 is 5.32 Å². The average molecular weight is 490 g/mol. The SMILES string of the molecule is CS(=O)(=O)N1CCN(C2CN(CCCC3(c4ccc(Cl)c(Cl)c4)CCCNC3)C2)CC1. The van der Waals surface area contributed by atoms with E-state index in [9.17, 15) is 8.42 Å². The smallest absolute Gasteiger partial charge is 0.211 e. The number of sulfonamides is 1. The van der Waals surface area contributed by atoms with Crippen LogP contribution in [0.25, 0.3) is 0 Å². The predicted molar refractivity (Wildman–Crippen MR) is 128 cm³/mol. The van der Waals surface area contributed by atoms with Gasteiger partial charge in [-0.2, -0.15) is 4.31 Å². The lowest BCUT2D eigenvalue weighted by Crippen LogP contribution is -2.63. The van der Waals surface area contributed by atoms with Crippen LogP contribution in [0.4, 0.5) is 0 Å². The van der Waals surface area contributed by atoms with Crippen molar-refractivity contribution in [1.82, 2.24) is 19.4 Å². The van der Waals surface area contributed by atoms with Crippen molar-refractivity contribution in [3.05, 3.63) is 33.8 Å². The van der Waals surface area contributed by atoms with E-state index in [-0.39, 0.29) is 5.41 Å². The van der Waals surface area contributed by atoms with E-state index in [1.807, 2.05) is 6.07 Å². The molecule has 6 nitrogen and oxygen atoms in total. The van der Waals surface area contributed by atoms with E-state index in [4.69, 9.17) is 23.2 Å². The number of piperidine rings is 1. The maximum Gasteiger partial charge on any atom is 0.211 e. The molecule has 0 amide bonds. The summed E-state index contributed by atoms with van der Waals surface area (Å²) in [5, 5.41) is 4.86. The predicted octanol–water partition coefficient (Wildman–Crippen LogP) is 2.66. The second-order valence-electron chi connectivity index (χ2n) is 9.40. The van der Waals surface area contributed by atoms with Crippen molar-refractivity contribution in [2.45, 2.75) is 37.1 Å². The summed E-state index contributed by atoms with van der Waals surface area (Å²) in [7, 11) is -3.06. The van der Waals surface area contributed by atoms with Gasteiger partial charge in [-0.3, -0.25) is 4.90 Å². The molecule has 1 aromatic rings. The molecule has 1 aromatic carbocycles. The highest BCUT2D eigenvalue weighted by atomic mass is 35.5. The van der Waals surface area contributed by atoms with Gasteiger partial charge in [0.1, 0.15) is 0 Å². The molecule has 0 bridgehead atoms. The molecule has 3 aliphatic heterocycles. The van der Waals surface area contributed by atoms with E-state index in [0.29, 0.717) is 29.2 Å². The molecule has 3 saturated heterocycles. The number of rotatable bonds is 7. The number of nitrogens with one attached hydrogen (secondary N) is 1. The van der Waals surface area contributed by atoms with E-state index in [1.165, 1.54) is 24.7 Å². The molecule has 1 unspecified atom stereocenters. The lowest BCUT2D eigenvalue weighted by atomic mass is 9.71. The Morgan fingerprint density at radius 2 is 1.87 bits per heavy atom. The Hall–Kier alpha value is -0.410. The summed E-state index contributed by atoms with van der Waals surface area (Å²) in [4.78, 5) is 4.99. The van der Waals surface area contributed by atoms with Crippen molar-refractivity contribution in [3.63, 3.8) is 0 Å². The Morgan fingerprint density at radius 3 is 2.48 bits per heavy atom. The lowest BCUT2D eigenvalue weighted by Gasteiger charge is -2.48. The highest BCUT2D eigenvalue weighted by Gasteiger charge is 2.37. The minimum Gasteiger partial charge on any atom is -0.316 e. The molecule has 31 heavy (non-hydrogen) atoms. The first-order chi connectivity index (χ1) is 14.8. The molecule has 0 aliphatic carbocycles. The highest BCUT2D eigenvalue weighted by Crippen LogP contribution is 2.38. The maximum atomic E-state index is 11.7. The van der Waals surface area contributed by atoms with Gasteiger partial charge in [-0.05, 0) is 56.5 Å². The number of nitrogens with zero attached hydrogens (tertiary/aromatic N) is 3. The lowest BCUT2D eigenvalue weighted by molar-refractivity contribution is 0.0155. The van der Waals surface area contributed by atoms with Crippen LogP contribution in [0.15, 0.2) is 18.2 Å². The third-order valence-electron chi connectivity index (χ3n) is 7.33. The summed E-state index contributed by atoms with van der Waals surface area (Å²) < 4.78 is 25.0. The van der Waals surface area contributed by atoms with Crippen molar-refractivity contribution in [2.75, 3.05) is 65.2 Å². The van der Waals surface area contributed by atoms with Crippen LogP contribution in [0.2, 0.25) is 10.0 Å². The molecule has 3 fully saturated rings. The van der Waals surface area contributed by atoms with Crippen LogP contribution in [-0.4, -0.2) is 93.7 Å². The van der Waals surface area contributed by atoms with E-state index in [1.54, 1.807) is 4.31 Å². The quantitative estimate of drug-likeness (QED) is 0.639. The number of halogens is 2. The van der Waals surface area contributed by atoms with Gasteiger partial charge in [-0.15, -0.1) is 0 Å². The van der Waals surface area contributed by atoms with E-state index < -0.39 is 10.0 Å². The van der Waals surface area contributed by atoms with E-state index in [2.05, 4.69) is 27.2 Å². The van der Waals surface area contributed by atoms with E-state index in [0.717, 1.165) is 58.7 Å². The minimum atomic E-state index is -3.06. The maximum absolute atomic E-state index is 11.7. The van der Waals surface area contributed by atoms with Crippen molar-refractivity contribution in [1.29, 1.82) is 0 Å². The third kappa shape index (κ3) is 5.57. The Kier molecular flexibility index (Phi) is 7.53. The molecule has 9 heteroatoms. The largest absolute Gasteiger partial charge is 0.316 e. The number of piperazine rings is 1. The number of hydrogen-bond donors (Lipinski definition) is 1. The molecule has 1 atom stereocenters. The standard InChI is InChI=1S/C22H34Cl2N4O2S/c1-31(29,30)28-12-10-27(11-13-28)19-15-26(16-19)9-3-7-22(6-2-8-25-17-22)18-4-5-20(23)21(24)14-18/h4-5,14,19,25H,2-3,6-13,15-17H2,1H3. The monoisotopic (exact) mass is 488 g/mol. The fourth-order valence-corrected chi connectivity index (χ4v) is 6.52. The summed E-state index contributed by atoms with van der Waals surface area (Å²) in [6, 6.07) is 6.71. The minimum absolute atomic E-state index is 0.138. The zero-order valence-electron chi connectivity index (χ0n) is 18.3. The first kappa shape index (κ1) is 23.7. The Balaban J connectivity index is 1.25. The van der Waals surface area contributed by atoms with Crippen LogP contribution >= 0.6 is 23.2 Å². The first-order valence-electron chi connectivity index (χ1n) is 11.3. The molecule has 0 aromatic heterocycles. The summed E-state index contributed by atoms with van der Waals surface area (Å²) in [6.45, 7) is 8.32. The van der Waals surface area contributed by atoms with Crippen molar-refractivity contribution < 1.29 is 8.42 Å². The van der Waals surface area contributed by atoms with Gasteiger partial charge in [0, 0.05) is 57.3 Å². The van der Waals surface area contributed by atoms with Crippen molar-refractivity contribution in [2.24, 2.45) is 0 Å². The highest BCUT2D eigenvalue weighted by molar-refractivity contribution is 7.88. The second kappa shape index (κ2) is 9.84. The van der Waals surface area contributed by atoms with E-state index >= 15 is 0 Å². The van der Waals surface area contributed by atoms with Crippen molar-refractivity contribution >= 4 is 33.2 Å². The molecule has 0 spiro atoms. The molecule has 0 saturated carbocycles. The van der Waals surface area contributed by atoms with Gasteiger partial charge in [0.15, 0.2) is 0 Å². The van der Waals surface area contributed by atoms with Crippen LogP contribution in [0, 0.1) is 0 Å². The summed E-state index contributed by atoms with van der Waals surface area (Å²) >= 11 is 12.5. The molecule has 174 valence electrons. The average Bonchev–Trinajstić information content (AvgIpc) is 2.72. The normalized spacial score (nSPS) is 27.3. The van der Waals surface area contributed by atoms with Crippen LogP contribution in [0.1, 0.15) is 31.2 Å². The zero-order chi connectivity index (χ0) is 22.1. The molecule has 0 radical (unpaired) electrons. The molecule has 4 rings (SSSR count). The van der Waals surface area contributed by atoms with Crippen LogP contribution in [0.3, 0.4) is 0 Å².